The minimum Gasteiger partial charge on any atom is -0.368 e. The quantitative estimate of drug-likeness (QED) is 0.353. The lowest BCUT2D eigenvalue weighted by Gasteiger charge is -2.35. The molecule has 5 N–H and O–H groups in total. The van der Waals surface area contributed by atoms with Gasteiger partial charge in [-0.25, -0.2) is 0 Å². The van der Waals surface area contributed by atoms with E-state index in [2.05, 4.69) is 10.6 Å². The molecule has 5 amide bonds. The topological polar surface area (TPSA) is 151 Å². The standard InChI is InChI=1S/C25H36F3N5O5/c1-22(2)9-11(18(35)32-22)8-13(17(29)34)30-19(36)15-14-12(23(14,3)4)10-33(15)20(37)16(24(5)6-7-24)31-21(38)25(26,27)28/h11-16H,6-10H2,1-5H3,(H2,29,34)(H,30,36)(H,31,38)(H,32,35)/t11-,12+,13+,14+,15+,16?/m1/s1. The molecule has 4 fully saturated rings. The Hall–Kier alpha value is -2.86. The number of likely N-dealkylation sites (tertiary alicyclic amines) is 1. The molecular weight excluding hydrogens is 507 g/mol. The van der Waals surface area contributed by atoms with Gasteiger partial charge in [0, 0.05) is 18.0 Å². The lowest BCUT2D eigenvalue weighted by Crippen LogP contribution is -2.60. The van der Waals surface area contributed by atoms with E-state index in [1.165, 1.54) is 4.90 Å². The molecule has 0 radical (unpaired) electrons. The van der Waals surface area contributed by atoms with E-state index in [0.29, 0.717) is 19.3 Å². The summed E-state index contributed by atoms with van der Waals surface area (Å²) in [6.07, 6.45) is -3.83. The number of carbonyl (C=O) groups excluding carboxylic acids is 5. The summed E-state index contributed by atoms with van der Waals surface area (Å²) >= 11 is 0. The monoisotopic (exact) mass is 543 g/mol. The molecule has 0 aromatic carbocycles. The van der Waals surface area contributed by atoms with Gasteiger partial charge in [0.05, 0.1) is 0 Å². The minimum atomic E-state index is -5.16. The van der Waals surface area contributed by atoms with Crippen LogP contribution in [0.1, 0.15) is 60.3 Å². The molecule has 38 heavy (non-hydrogen) atoms. The molecular formula is C25H36F3N5O5. The van der Waals surface area contributed by atoms with Crippen LogP contribution >= 0.6 is 0 Å². The van der Waals surface area contributed by atoms with E-state index in [9.17, 15) is 37.1 Å². The molecule has 6 atom stereocenters. The Labute approximate surface area is 219 Å². The summed E-state index contributed by atoms with van der Waals surface area (Å²) in [5.74, 6) is -5.59. The Kier molecular flexibility index (Phi) is 6.55. The number of nitrogens with two attached hydrogens (primary N) is 1. The molecule has 4 rings (SSSR count). The first-order valence-corrected chi connectivity index (χ1v) is 12.9. The van der Waals surface area contributed by atoms with E-state index in [1.54, 1.807) is 6.92 Å². The lowest BCUT2D eigenvalue weighted by molar-refractivity contribution is -0.176. The molecule has 0 bridgehead atoms. The van der Waals surface area contributed by atoms with E-state index < -0.39 is 64.8 Å². The van der Waals surface area contributed by atoms with Crippen LogP contribution in [0.5, 0.6) is 0 Å². The minimum absolute atomic E-state index is 0.0170. The highest BCUT2D eigenvalue weighted by molar-refractivity contribution is 5.96. The summed E-state index contributed by atoms with van der Waals surface area (Å²) in [5.41, 5.74) is 3.94. The fourth-order valence-electron chi connectivity index (χ4n) is 6.39. The molecule has 212 valence electrons. The van der Waals surface area contributed by atoms with Crippen LogP contribution in [0.15, 0.2) is 0 Å². The van der Waals surface area contributed by atoms with Crippen molar-refractivity contribution in [3.8, 4) is 0 Å². The fourth-order valence-corrected chi connectivity index (χ4v) is 6.39. The Balaban J connectivity index is 1.54. The Morgan fingerprint density at radius 1 is 1.11 bits per heavy atom. The highest BCUT2D eigenvalue weighted by Crippen LogP contribution is 2.65. The molecule has 1 unspecified atom stereocenters. The van der Waals surface area contributed by atoms with Gasteiger partial charge in [0.25, 0.3) is 0 Å². The zero-order chi connectivity index (χ0) is 28.6. The number of piperidine rings is 1. The second kappa shape index (κ2) is 8.84. The third-order valence-corrected chi connectivity index (χ3v) is 9.04. The fraction of sp³-hybridized carbons (Fsp3) is 0.800. The number of nitrogens with zero attached hydrogens (tertiary/aromatic N) is 1. The summed E-state index contributed by atoms with van der Waals surface area (Å²) in [5, 5.41) is 7.31. The number of rotatable bonds is 8. The molecule has 2 aliphatic heterocycles. The van der Waals surface area contributed by atoms with Crippen molar-refractivity contribution in [3.63, 3.8) is 0 Å². The number of alkyl halides is 3. The number of nitrogens with one attached hydrogen (secondary N) is 3. The van der Waals surface area contributed by atoms with Crippen molar-refractivity contribution in [1.29, 1.82) is 0 Å². The van der Waals surface area contributed by atoms with Crippen LogP contribution in [0.4, 0.5) is 13.2 Å². The number of hydrogen-bond acceptors (Lipinski definition) is 5. The van der Waals surface area contributed by atoms with Crippen LogP contribution in [0.3, 0.4) is 0 Å². The zero-order valence-corrected chi connectivity index (χ0v) is 22.2. The van der Waals surface area contributed by atoms with Crippen molar-refractivity contribution in [2.45, 2.75) is 90.1 Å². The average molecular weight is 544 g/mol. The van der Waals surface area contributed by atoms with Gasteiger partial charge in [-0.1, -0.05) is 20.8 Å². The average Bonchev–Trinajstić information content (AvgIpc) is 3.49. The van der Waals surface area contributed by atoms with Crippen LogP contribution in [0, 0.1) is 28.6 Å². The summed E-state index contributed by atoms with van der Waals surface area (Å²) in [7, 11) is 0. The van der Waals surface area contributed by atoms with Crippen molar-refractivity contribution in [2.75, 3.05) is 6.54 Å². The van der Waals surface area contributed by atoms with Gasteiger partial charge in [-0.15, -0.1) is 0 Å². The molecule has 2 aliphatic carbocycles. The maximum Gasteiger partial charge on any atom is 0.471 e. The Morgan fingerprint density at radius 3 is 2.18 bits per heavy atom. The predicted octanol–water partition coefficient (Wildman–Crippen LogP) is 0.592. The molecule has 10 nitrogen and oxygen atoms in total. The summed E-state index contributed by atoms with van der Waals surface area (Å²) < 4.78 is 39.1. The third kappa shape index (κ3) is 5.07. The highest BCUT2D eigenvalue weighted by atomic mass is 19.4. The van der Waals surface area contributed by atoms with Gasteiger partial charge in [-0.3, -0.25) is 24.0 Å². The van der Waals surface area contributed by atoms with Crippen molar-refractivity contribution in [2.24, 2.45) is 34.3 Å². The van der Waals surface area contributed by atoms with Crippen LogP contribution in [-0.2, 0) is 24.0 Å². The predicted molar refractivity (Wildman–Crippen MR) is 128 cm³/mol. The Morgan fingerprint density at radius 2 is 1.71 bits per heavy atom. The van der Waals surface area contributed by atoms with Gasteiger partial charge >= 0.3 is 12.1 Å². The lowest BCUT2D eigenvalue weighted by atomic mass is 9.91. The number of fused-ring (bicyclic) bond motifs is 1. The molecule has 0 spiro atoms. The number of primary amides is 1. The first-order chi connectivity index (χ1) is 17.3. The molecule has 2 saturated carbocycles. The number of halogens is 3. The zero-order valence-electron chi connectivity index (χ0n) is 22.2. The molecule has 2 heterocycles. The molecule has 4 aliphatic rings. The largest absolute Gasteiger partial charge is 0.471 e. The molecule has 0 aromatic rings. The number of amides is 5. The van der Waals surface area contributed by atoms with Crippen LogP contribution in [-0.4, -0.2) is 70.8 Å². The SMILES string of the molecule is CC1(C)C[C@@H](C[C@H](NC(=O)[C@@H]2[C@@H]3[C@H](CN2C(=O)C(NC(=O)C(F)(F)F)C2(C)CC2)C3(C)C)C(N)=O)C(=O)N1. The summed E-state index contributed by atoms with van der Waals surface area (Å²) in [4.78, 5) is 64.8. The second-order valence-electron chi connectivity index (χ2n) is 12.9. The number of carbonyl (C=O) groups is 5. The van der Waals surface area contributed by atoms with Crippen LogP contribution in [0.25, 0.3) is 0 Å². The maximum atomic E-state index is 13.6. The van der Waals surface area contributed by atoms with Gasteiger partial charge in [0.2, 0.25) is 23.6 Å². The maximum absolute atomic E-state index is 13.6. The van der Waals surface area contributed by atoms with E-state index >= 15 is 0 Å². The van der Waals surface area contributed by atoms with E-state index in [1.807, 2.05) is 33.0 Å². The van der Waals surface area contributed by atoms with Gasteiger partial charge in [0.15, 0.2) is 0 Å². The third-order valence-electron chi connectivity index (χ3n) is 9.04. The first-order valence-electron chi connectivity index (χ1n) is 12.9. The highest BCUT2D eigenvalue weighted by Gasteiger charge is 2.70. The van der Waals surface area contributed by atoms with E-state index in [0.717, 1.165) is 0 Å². The Bertz CT molecular complexity index is 1070. The van der Waals surface area contributed by atoms with Crippen LogP contribution in [0.2, 0.25) is 0 Å². The first kappa shape index (κ1) is 28.2. The van der Waals surface area contributed by atoms with Gasteiger partial charge in [-0.05, 0) is 62.2 Å². The van der Waals surface area contributed by atoms with Crippen molar-refractivity contribution >= 4 is 29.5 Å². The molecule has 0 aromatic heterocycles. The second-order valence-corrected chi connectivity index (χ2v) is 12.9. The van der Waals surface area contributed by atoms with Gasteiger partial charge in [0.1, 0.15) is 18.1 Å². The van der Waals surface area contributed by atoms with Crippen molar-refractivity contribution in [1.82, 2.24) is 20.9 Å². The summed E-state index contributed by atoms with van der Waals surface area (Å²) in [6.45, 7) is 9.32. The van der Waals surface area contributed by atoms with E-state index in [-0.39, 0.29) is 36.1 Å². The van der Waals surface area contributed by atoms with Gasteiger partial charge < -0.3 is 26.6 Å². The molecule has 2 saturated heterocycles. The van der Waals surface area contributed by atoms with Crippen molar-refractivity contribution < 1.29 is 37.1 Å². The normalized spacial score (nSPS) is 31.5. The smallest absolute Gasteiger partial charge is 0.368 e. The van der Waals surface area contributed by atoms with Gasteiger partial charge in [-0.2, -0.15) is 13.2 Å². The molecule has 13 heteroatoms. The van der Waals surface area contributed by atoms with E-state index in [4.69, 9.17) is 5.73 Å². The summed E-state index contributed by atoms with van der Waals surface area (Å²) in [6, 6.07) is -3.67. The van der Waals surface area contributed by atoms with Crippen LogP contribution < -0.4 is 21.7 Å². The van der Waals surface area contributed by atoms with Crippen molar-refractivity contribution in [3.05, 3.63) is 0 Å². The number of hydrogen-bond donors (Lipinski definition) is 4.